The first-order valence-electron chi connectivity index (χ1n) is 10.1. The molecule has 1 fully saturated rings. The Hall–Kier alpha value is -2.54. The number of benzene rings is 1. The van der Waals surface area contributed by atoms with Gasteiger partial charge in [0, 0.05) is 57.4 Å². The van der Waals surface area contributed by atoms with Gasteiger partial charge in [-0.25, -0.2) is 4.99 Å². The third kappa shape index (κ3) is 6.22. The molecule has 0 bridgehead atoms. The predicted octanol–water partition coefficient (Wildman–Crippen LogP) is 2.46. The van der Waals surface area contributed by atoms with E-state index in [2.05, 4.69) is 68.8 Å². The number of hydrogen-bond acceptors (Lipinski definition) is 4. The van der Waals surface area contributed by atoms with E-state index >= 15 is 0 Å². The molecule has 156 valence electrons. The number of guanidine groups is 1. The van der Waals surface area contributed by atoms with Gasteiger partial charge in [0.1, 0.15) is 6.54 Å². The molecule has 29 heavy (non-hydrogen) atoms. The lowest BCUT2D eigenvalue weighted by atomic mass is 10.2. The van der Waals surface area contributed by atoms with Gasteiger partial charge in [0.05, 0.1) is 0 Å². The van der Waals surface area contributed by atoms with Crippen LogP contribution >= 0.6 is 11.3 Å². The zero-order chi connectivity index (χ0) is 20.6. The van der Waals surface area contributed by atoms with Gasteiger partial charge < -0.3 is 20.0 Å². The number of aliphatic imine (C=N–C) groups is 1. The Morgan fingerprint density at radius 1 is 1.17 bits per heavy atom. The second-order valence-electron chi connectivity index (χ2n) is 7.50. The number of rotatable bonds is 6. The summed E-state index contributed by atoms with van der Waals surface area (Å²) in [5, 5.41) is 5.58. The van der Waals surface area contributed by atoms with Crippen LogP contribution in [0.5, 0.6) is 0 Å². The molecular formula is C22H31N5OS. The molecule has 0 spiro atoms. The van der Waals surface area contributed by atoms with Gasteiger partial charge in [-0.3, -0.25) is 4.79 Å². The highest BCUT2D eigenvalue weighted by atomic mass is 32.1. The number of nitrogens with one attached hydrogen (secondary N) is 1. The molecule has 1 aromatic heterocycles. The number of piperazine rings is 1. The largest absolute Gasteiger partial charge is 0.368 e. The Morgan fingerprint density at radius 3 is 2.62 bits per heavy atom. The number of nitrogens with zero attached hydrogens (tertiary/aromatic N) is 4. The molecule has 1 amide bonds. The maximum atomic E-state index is 12.0. The molecule has 1 N–H and O–H groups in total. The van der Waals surface area contributed by atoms with Crippen molar-refractivity contribution in [2.45, 2.75) is 13.3 Å². The van der Waals surface area contributed by atoms with Crippen molar-refractivity contribution in [3.8, 4) is 0 Å². The lowest BCUT2D eigenvalue weighted by molar-refractivity contribution is -0.127. The van der Waals surface area contributed by atoms with Gasteiger partial charge in [-0.15, -0.1) is 11.3 Å². The lowest BCUT2D eigenvalue weighted by Crippen LogP contribution is -2.53. The molecular weight excluding hydrogens is 382 g/mol. The number of likely N-dealkylation sites (N-methyl/N-ethyl adjacent to an activating group) is 1. The Morgan fingerprint density at radius 2 is 1.97 bits per heavy atom. The topological polar surface area (TPSA) is 51.2 Å². The van der Waals surface area contributed by atoms with Gasteiger partial charge in [0.2, 0.25) is 5.91 Å². The molecule has 6 nitrogen and oxygen atoms in total. The number of thiophene rings is 1. The molecule has 1 aliphatic rings. The molecule has 0 atom stereocenters. The van der Waals surface area contributed by atoms with E-state index in [9.17, 15) is 4.79 Å². The average molecular weight is 414 g/mol. The van der Waals surface area contributed by atoms with Crippen LogP contribution in [0.4, 0.5) is 5.69 Å². The first-order chi connectivity index (χ1) is 14.0. The highest BCUT2D eigenvalue weighted by Gasteiger charge is 2.20. The van der Waals surface area contributed by atoms with Crippen LogP contribution in [-0.4, -0.2) is 75.0 Å². The summed E-state index contributed by atoms with van der Waals surface area (Å²) >= 11 is 1.77. The minimum atomic E-state index is 0.0148. The first kappa shape index (κ1) is 21.2. The highest BCUT2D eigenvalue weighted by Crippen LogP contribution is 2.18. The van der Waals surface area contributed by atoms with E-state index in [1.807, 2.05) is 0 Å². The number of amides is 1. The Labute approximate surface area is 177 Å². The van der Waals surface area contributed by atoms with Crippen LogP contribution in [0.3, 0.4) is 0 Å². The summed E-state index contributed by atoms with van der Waals surface area (Å²) in [4.78, 5) is 24.3. The Bertz CT molecular complexity index is 810. The van der Waals surface area contributed by atoms with Crippen LogP contribution in [0.25, 0.3) is 0 Å². The number of hydrogen-bond donors (Lipinski definition) is 1. The van der Waals surface area contributed by atoms with Crippen molar-refractivity contribution >= 4 is 28.9 Å². The molecule has 0 radical (unpaired) electrons. The smallest absolute Gasteiger partial charge is 0.243 e. The molecule has 3 rings (SSSR count). The molecule has 1 aliphatic heterocycles. The number of aryl methyl sites for hydroxylation is 1. The third-order valence-electron chi connectivity index (χ3n) is 5.04. The van der Waals surface area contributed by atoms with E-state index in [1.54, 1.807) is 30.3 Å². The van der Waals surface area contributed by atoms with Crippen LogP contribution in [0, 0.1) is 6.92 Å². The van der Waals surface area contributed by atoms with Crippen molar-refractivity contribution in [1.82, 2.24) is 15.1 Å². The van der Waals surface area contributed by atoms with Crippen molar-refractivity contribution < 1.29 is 4.79 Å². The second kappa shape index (κ2) is 10.3. The maximum Gasteiger partial charge on any atom is 0.243 e. The third-order valence-corrected chi connectivity index (χ3v) is 5.98. The van der Waals surface area contributed by atoms with Gasteiger partial charge in [-0.2, -0.15) is 0 Å². The second-order valence-corrected chi connectivity index (χ2v) is 8.53. The van der Waals surface area contributed by atoms with E-state index in [0.717, 1.165) is 45.1 Å². The molecule has 2 aromatic rings. The van der Waals surface area contributed by atoms with Crippen molar-refractivity contribution in [3.63, 3.8) is 0 Å². The molecule has 1 aromatic carbocycles. The van der Waals surface area contributed by atoms with Gasteiger partial charge in [0.25, 0.3) is 0 Å². The molecule has 1 saturated heterocycles. The normalized spacial score (nSPS) is 14.8. The van der Waals surface area contributed by atoms with Gasteiger partial charge in [0.15, 0.2) is 5.96 Å². The summed E-state index contributed by atoms with van der Waals surface area (Å²) in [6.45, 7) is 6.76. The van der Waals surface area contributed by atoms with Crippen molar-refractivity contribution in [1.29, 1.82) is 0 Å². The van der Waals surface area contributed by atoms with E-state index in [1.165, 1.54) is 16.1 Å². The zero-order valence-electron chi connectivity index (χ0n) is 17.6. The minimum absolute atomic E-state index is 0.0148. The fourth-order valence-electron chi connectivity index (χ4n) is 3.31. The molecule has 2 heterocycles. The fraction of sp³-hybridized carbons (Fsp3) is 0.455. The summed E-state index contributed by atoms with van der Waals surface area (Å²) in [6.07, 6.45) is 0.960. The van der Waals surface area contributed by atoms with Crippen molar-refractivity contribution in [3.05, 3.63) is 52.2 Å². The summed E-state index contributed by atoms with van der Waals surface area (Å²) in [7, 11) is 3.53. The number of carbonyl (C=O) groups is 1. The van der Waals surface area contributed by atoms with Crippen LogP contribution in [0.1, 0.15) is 10.4 Å². The van der Waals surface area contributed by atoms with Crippen molar-refractivity contribution in [2.24, 2.45) is 4.99 Å². The van der Waals surface area contributed by atoms with Crippen LogP contribution in [0.2, 0.25) is 0 Å². The predicted molar refractivity (Wildman–Crippen MR) is 122 cm³/mol. The van der Waals surface area contributed by atoms with Crippen LogP contribution in [-0.2, 0) is 11.2 Å². The molecule has 0 aliphatic carbocycles. The Balaban J connectivity index is 1.60. The summed E-state index contributed by atoms with van der Waals surface area (Å²) < 4.78 is 0. The van der Waals surface area contributed by atoms with Crippen LogP contribution < -0.4 is 10.2 Å². The quantitative estimate of drug-likeness (QED) is 0.584. The van der Waals surface area contributed by atoms with E-state index < -0.39 is 0 Å². The monoisotopic (exact) mass is 413 g/mol. The fourth-order valence-corrected chi connectivity index (χ4v) is 4.01. The zero-order valence-corrected chi connectivity index (χ0v) is 18.4. The lowest BCUT2D eigenvalue weighted by Gasteiger charge is -2.38. The van der Waals surface area contributed by atoms with Gasteiger partial charge in [-0.05, 0) is 42.5 Å². The molecule has 0 saturated carbocycles. The van der Waals surface area contributed by atoms with E-state index in [4.69, 9.17) is 0 Å². The summed E-state index contributed by atoms with van der Waals surface area (Å²) in [5.74, 6) is 0.849. The summed E-state index contributed by atoms with van der Waals surface area (Å²) in [6, 6.07) is 12.9. The van der Waals surface area contributed by atoms with Crippen LogP contribution in [0.15, 0.2) is 46.8 Å². The van der Waals surface area contributed by atoms with Gasteiger partial charge in [-0.1, -0.05) is 18.2 Å². The summed E-state index contributed by atoms with van der Waals surface area (Å²) in [5.41, 5.74) is 2.56. The molecule has 0 unspecified atom stereocenters. The highest BCUT2D eigenvalue weighted by molar-refractivity contribution is 7.09. The number of carbonyl (C=O) groups excluding carboxylic acids is 1. The minimum Gasteiger partial charge on any atom is -0.368 e. The maximum absolute atomic E-state index is 12.0. The molecule has 7 heteroatoms. The number of anilines is 1. The first-order valence-corrected chi connectivity index (χ1v) is 11.0. The standard InChI is InChI=1S/C22H31N5OS/c1-18-6-4-7-19(16-18)26-11-13-27(14-12-26)22(24-17-21(28)25(2)3)23-10-9-20-8-5-15-29-20/h4-8,15-16H,9-14,17H2,1-3H3,(H,23,24). The Kier molecular flexibility index (Phi) is 7.52. The van der Waals surface area contributed by atoms with E-state index in [0.29, 0.717) is 0 Å². The van der Waals surface area contributed by atoms with Gasteiger partial charge >= 0.3 is 0 Å². The average Bonchev–Trinajstić information content (AvgIpc) is 3.24. The SMILES string of the molecule is Cc1cccc(N2CCN(C(=NCC(=O)N(C)C)NCCc3cccs3)CC2)c1. The van der Waals surface area contributed by atoms with E-state index in [-0.39, 0.29) is 12.5 Å². The van der Waals surface area contributed by atoms with Crippen molar-refractivity contribution in [2.75, 3.05) is 58.3 Å².